The van der Waals surface area contributed by atoms with Crippen LogP contribution in [-0.4, -0.2) is 45.9 Å². The summed E-state index contributed by atoms with van der Waals surface area (Å²) >= 11 is 13.8. The minimum atomic E-state index is -0.168. The maximum absolute atomic E-state index is 13.0. The number of hydrogen-bond acceptors (Lipinski definition) is 4. The van der Waals surface area contributed by atoms with Gasteiger partial charge in [0, 0.05) is 42.1 Å². The summed E-state index contributed by atoms with van der Waals surface area (Å²) in [5.41, 5.74) is 1.92. The van der Waals surface area contributed by atoms with Gasteiger partial charge in [0.15, 0.2) is 0 Å². The molecule has 1 aromatic carbocycles. The molecule has 1 fully saturated rings. The average Bonchev–Trinajstić information content (AvgIpc) is 3.14. The molecule has 0 spiro atoms. The van der Waals surface area contributed by atoms with Crippen molar-refractivity contribution >= 4 is 57.4 Å². The molecule has 0 N–H and O–H groups in total. The molecule has 7 heteroatoms. The van der Waals surface area contributed by atoms with Crippen molar-refractivity contribution < 1.29 is 4.79 Å². The third-order valence-electron chi connectivity index (χ3n) is 5.54. The molecule has 4 nitrogen and oxygen atoms in total. The molecule has 2 atom stereocenters. The molecule has 0 saturated carbocycles. The molecule has 4 rings (SSSR count). The van der Waals surface area contributed by atoms with E-state index in [1.807, 2.05) is 42.2 Å². The molecule has 0 unspecified atom stereocenters. The van der Waals surface area contributed by atoms with Gasteiger partial charge in [0.05, 0.1) is 20.9 Å². The van der Waals surface area contributed by atoms with Gasteiger partial charge in [0.2, 0.25) is 5.91 Å². The van der Waals surface area contributed by atoms with E-state index >= 15 is 0 Å². The topological polar surface area (TPSA) is 36.4 Å². The summed E-state index contributed by atoms with van der Waals surface area (Å²) < 4.78 is 0.784. The zero-order valence-electron chi connectivity index (χ0n) is 16.9. The molecule has 1 amide bonds. The highest BCUT2D eigenvalue weighted by molar-refractivity contribution is 7.16. The Kier molecular flexibility index (Phi) is 6.44. The van der Waals surface area contributed by atoms with Gasteiger partial charge in [-0.05, 0) is 49.8 Å². The lowest BCUT2D eigenvalue weighted by molar-refractivity contribution is -0.144. The van der Waals surface area contributed by atoms with Gasteiger partial charge in [-0.1, -0.05) is 41.4 Å². The molecule has 1 aliphatic heterocycles. The molecule has 2 aromatic heterocycles. The highest BCUT2D eigenvalue weighted by Crippen LogP contribution is 2.25. The number of hydrogen-bond donors (Lipinski definition) is 0. The van der Waals surface area contributed by atoms with Crippen LogP contribution in [0.25, 0.3) is 17.0 Å². The standard InChI is InChI=1S/C23H23Cl2N3OS/c1-15-13-27(14-17-5-7-19-20(24)9-10-26-21(19)12-17)23(29)16(2)28(15)11-3-4-18-6-8-22(25)30-18/h3-10,12,15-16H,11,13-14H2,1-2H3/t15-,16+/m1/s1. The van der Waals surface area contributed by atoms with E-state index in [4.69, 9.17) is 23.2 Å². The van der Waals surface area contributed by atoms with Gasteiger partial charge in [-0.3, -0.25) is 14.7 Å². The van der Waals surface area contributed by atoms with E-state index in [0.717, 1.165) is 32.2 Å². The predicted molar refractivity (Wildman–Crippen MR) is 126 cm³/mol. The fourth-order valence-corrected chi connectivity index (χ4v) is 5.18. The van der Waals surface area contributed by atoms with Crippen molar-refractivity contribution in [1.29, 1.82) is 0 Å². The van der Waals surface area contributed by atoms with Gasteiger partial charge in [-0.25, -0.2) is 0 Å². The summed E-state index contributed by atoms with van der Waals surface area (Å²) in [6.45, 7) is 6.17. The van der Waals surface area contributed by atoms with Crippen LogP contribution < -0.4 is 0 Å². The number of nitrogens with zero attached hydrogens (tertiary/aromatic N) is 3. The number of thiophene rings is 1. The molecular weight excluding hydrogens is 437 g/mol. The maximum Gasteiger partial charge on any atom is 0.240 e. The number of amides is 1. The third-order valence-corrected chi connectivity index (χ3v) is 7.06. The van der Waals surface area contributed by atoms with E-state index in [-0.39, 0.29) is 18.0 Å². The molecule has 1 saturated heterocycles. The van der Waals surface area contributed by atoms with Crippen LogP contribution in [0.4, 0.5) is 0 Å². The fraction of sp³-hybridized carbons (Fsp3) is 0.304. The molecule has 3 aromatic rings. The van der Waals surface area contributed by atoms with Crippen molar-refractivity contribution in [1.82, 2.24) is 14.8 Å². The number of carbonyl (C=O) groups is 1. The van der Waals surface area contributed by atoms with E-state index in [0.29, 0.717) is 18.1 Å². The summed E-state index contributed by atoms with van der Waals surface area (Å²) in [5, 5.41) is 1.62. The monoisotopic (exact) mass is 459 g/mol. The van der Waals surface area contributed by atoms with Gasteiger partial charge in [0.1, 0.15) is 0 Å². The second-order valence-electron chi connectivity index (χ2n) is 7.63. The second-order valence-corrected chi connectivity index (χ2v) is 9.78. The SMILES string of the molecule is C[C@@H]1CN(Cc2ccc3c(Cl)ccnc3c2)C(=O)[C@H](C)N1CC=Cc1ccc(Cl)s1. The number of pyridine rings is 1. The van der Waals surface area contributed by atoms with Crippen molar-refractivity contribution in [3.8, 4) is 0 Å². The Morgan fingerprint density at radius 3 is 2.80 bits per heavy atom. The minimum Gasteiger partial charge on any atom is -0.335 e. The molecule has 0 radical (unpaired) electrons. The number of fused-ring (bicyclic) bond motifs is 1. The first-order chi connectivity index (χ1) is 14.4. The summed E-state index contributed by atoms with van der Waals surface area (Å²) in [7, 11) is 0. The third kappa shape index (κ3) is 4.54. The molecule has 0 aliphatic carbocycles. The molecule has 0 bridgehead atoms. The maximum atomic E-state index is 13.0. The number of benzene rings is 1. The Balaban J connectivity index is 1.43. The Labute approximate surface area is 190 Å². The lowest BCUT2D eigenvalue weighted by atomic mass is 10.0. The Hall–Kier alpha value is -1.92. The zero-order valence-corrected chi connectivity index (χ0v) is 19.2. The Morgan fingerprint density at radius 2 is 2.03 bits per heavy atom. The highest BCUT2D eigenvalue weighted by Gasteiger charge is 2.35. The van der Waals surface area contributed by atoms with Crippen molar-refractivity contribution in [2.24, 2.45) is 0 Å². The largest absolute Gasteiger partial charge is 0.335 e. The lowest BCUT2D eigenvalue weighted by Crippen LogP contribution is -2.59. The van der Waals surface area contributed by atoms with Crippen molar-refractivity contribution in [3.63, 3.8) is 0 Å². The van der Waals surface area contributed by atoms with Gasteiger partial charge in [-0.2, -0.15) is 0 Å². The molecule has 3 heterocycles. The van der Waals surface area contributed by atoms with Gasteiger partial charge < -0.3 is 4.90 Å². The zero-order chi connectivity index (χ0) is 21.3. The summed E-state index contributed by atoms with van der Waals surface area (Å²) in [5.74, 6) is 0.153. The summed E-state index contributed by atoms with van der Waals surface area (Å²) in [4.78, 5) is 22.8. The minimum absolute atomic E-state index is 0.153. The smallest absolute Gasteiger partial charge is 0.240 e. The predicted octanol–water partition coefficient (Wildman–Crippen LogP) is 5.74. The van der Waals surface area contributed by atoms with E-state index in [1.165, 1.54) is 0 Å². The van der Waals surface area contributed by atoms with Crippen LogP contribution in [0.5, 0.6) is 0 Å². The number of aromatic nitrogens is 1. The number of rotatable bonds is 5. The fourth-order valence-electron chi connectivity index (χ4n) is 3.97. The number of piperazine rings is 1. The van der Waals surface area contributed by atoms with Crippen molar-refractivity contribution in [2.75, 3.05) is 13.1 Å². The van der Waals surface area contributed by atoms with Crippen molar-refractivity contribution in [2.45, 2.75) is 32.5 Å². The van der Waals surface area contributed by atoms with Crippen LogP contribution in [0.1, 0.15) is 24.3 Å². The van der Waals surface area contributed by atoms with Crippen LogP contribution in [0.3, 0.4) is 0 Å². The summed E-state index contributed by atoms with van der Waals surface area (Å²) in [6, 6.07) is 11.8. The average molecular weight is 460 g/mol. The van der Waals surface area contributed by atoms with E-state index < -0.39 is 0 Å². The van der Waals surface area contributed by atoms with Gasteiger partial charge >= 0.3 is 0 Å². The lowest BCUT2D eigenvalue weighted by Gasteiger charge is -2.43. The number of carbonyl (C=O) groups excluding carboxylic acids is 1. The summed E-state index contributed by atoms with van der Waals surface area (Å²) in [6.07, 6.45) is 5.89. The molecular formula is C23H23Cl2N3OS. The van der Waals surface area contributed by atoms with Crippen LogP contribution >= 0.6 is 34.5 Å². The Morgan fingerprint density at radius 1 is 1.20 bits per heavy atom. The normalized spacial score (nSPS) is 20.5. The quantitative estimate of drug-likeness (QED) is 0.488. The van der Waals surface area contributed by atoms with Crippen LogP contribution in [-0.2, 0) is 11.3 Å². The van der Waals surface area contributed by atoms with Crippen LogP contribution in [0, 0.1) is 0 Å². The number of halogens is 2. The second kappa shape index (κ2) is 9.06. The van der Waals surface area contributed by atoms with E-state index in [2.05, 4.69) is 29.0 Å². The first kappa shape index (κ1) is 21.3. The molecule has 156 valence electrons. The van der Waals surface area contributed by atoms with E-state index in [9.17, 15) is 4.79 Å². The van der Waals surface area contributed by atoms with E-state index in [1.54, 1.807) is 23.6 Å². The molecule has 30 heavy (non-hydrogen) atoms. The van der Waals surface area contributed by atoms with Crippen LogP contribution in [0.2, 0.25) is 9.36 Å². The molecule has 1 aliphatic rings. The van der Waals surface area contributed by atoms with Gasteiger partial charge in [-0.15, -0.1) is 11.3 Å². The van der Waals surface area contributed by atoms with Crippen LogP contribution in [0.15, 0.2) is 48.7 Å². The van der Waals surface area contributed by atoms with Crippen molar-refractivity contribution in [3.05, 3.63) is 68.5 Å². The van der Waals surface area contributed by atoms with Gasteiger partial charge in [0.25, 0.3) is 0 Å². The Bertz CT molecular complexity index is 1100. The first-order valence-corrected chi connectivity index (χ1v) is 11.5. The first-order valence-electron chi connectivity index (χ1n) is 9.92. The highest BCUT2D eigenvalue weighted by atomic mass is 35.5.